The van der Waals surface area contributed by atoms with Crippen molar-refractivity contribution in [1.82, 2.24) is 5.32 Å². The van der Waals surface area contributed by atoms with Gasteiger partial charge in [0.2, 0.25) is 0 Å². The first-order valence-corrected chi connectivity index (χ1v) is 4.24. The molecule has 0 fully saturated rings. The highest BCUT2D eigenvalue weighted by atomic mass is 35.5. The van der Waals surface area contributed by atoms with Crippen molar-refractivity contribution in [3.05, 3.63) is 29.8 Å². The molecule has 0 spiro atoms. The largest absolute Gasteiger partial charge is 0.340 e. The molecule has 0 bridgehead atoms. The van der Waals surface area contributed by atoms with Gasteiger partial charge in [-0.05, 0) is 18.6 Å². The fourth-order valence-corrected chi connectivity index (χ4v) is 1.27. The maximum atomic E-state index is 11.1. The van der Waals surface area contributed by atoms with Crippen LogP contribution in [-0.2, 0) is 0 Å². The van der Waals surface area contributed by atoms with Crippen LogP contribution in [0.2, 0.25) is 0 Å². The predicted molar refractivity (Wildman–Crippen MR) is 54.0 cm³/mol. The van der Waals surface area contributed by atoms with E-state index in [1.807, 2.05) is 25.1 Å². The van der Waals surface area contributed by atoms with Crippen LogP contribution in [0.5, 0.6) is 0 Å². The molecule has 0 atom stereocenters. The van der Waals surface area contributed by atoms with E-state index in [2.05, 4.69) is 5.32 Å². The van der Waals surface area contributed by atoms with E-state index in [0.29, 0.717) is 5.69 Å². The van der Waals surface area contributed by atoms with Gasteiger partial charge in [0.05, 0.1) is 5.69 Å². The van der Waals surface area contributed by atoms with Crippen molar-refractivity contribution in [2.75, 3.05) is 11.5 Å². The van der Waals surface area contributed by atoms with Gasteiger partial charge in [-0.2, -0.15) is 0 Å². The van der Waals surface area contributed by atoms with E-state index in [4.69, 9.17) is 11.8 Å². The van der Waals surface area contributed by atoms with Crippen LogP contribution in [0.4, 0.5) is 10.5 Å². The third kappa shape index (κ3) is 2.12. The number of benzene rings is 1. The predicted octanol–water partition coefficient (Wildman–Crippen LogP) is 2.29. The average molecular weight is 199 g/mol. The molecule has 1 aromatic carbocycles. The molecule has 1 rings (SSSR count). The number of nitrogens with zero attached hydrogens (tertiary/aromatic N) is 1. The minimum absolute atomic E-state index is 0.337. The zero-order valence-corrected chi connectivity index (χ0v) is 8.30. The van der Waals surface area contributed by atoms with E-state index >= 15 is 0 Å². The van der Waals surface area contributed by atoms with Gasteiger partial charge in [-0.25, -0.2) is 9.21 Å². The number of anilines is 1. The van der Waals surface area contributed by atoms with E-state index < -0.39 is 0 Å². The Bertz CT molecular complexity index is 314. The summed E-state index contributed by atoms with van der Waals surface area (Å²) in [7, 11) is 1.54. The first-order chi connectivity index (χ1) is 6.16. The molecule has 0 aliphatic rings. The molecule has 0 unspecified atom stereocenters. The van der Waals surface area contributed by atoms with Gasteiger partial charge in [-0.15, -0.1) is 0 Å². The highest BCUT2D eigenvalue weighted by Gasteiger charge is 2.12. The Morgan fingerprint density at radius 1 is 1.46 bits per heavy atom. The molecule has 13 heavy (non-hydrogen) atoms. The summed E-state index contributed by atoms with van der Waals surface area (Å²) >= 11 is 5.78. The summed E-state index contributed by atoms with van der Waals surface area (Å²) in [6.07, 6.45) is 0. The van der Waals surface area contributed by atoms with Crippen molar-refractivity contribution in [1.29, 1.82) is 0 Å². The maximum Gasteiger partial charge on any atom is 0.336 e. The Morgan fingerprint density at radius 3 is 2.62 bits per heavy atom. The summed E-state index contributed by atoms with van der Waals surface area (Å²) in [4.78, 5) is 11.1. The number of urea groups is 1. The van der Waals surface area contributed by atoms with Crippen molar-refractivity contribution in [3.8, 4) is 0 Å². The van der Waals surface area contributed by atoms with Crippen LogP contribution in [0.25, 0.3) is 0 Å². The lowest BCUT2D eigenvalue weighted by atomic mass is 10.2. The molecule has 0 saturated carbocycles. The number of hydrogen-bond acceptors (Lipinski definition) is 1. The topological polar surface area (TPSA) is 32.3 Å². The SMILES string of the molecule is CNC(=O)N(Cl)c1ccccc1C. The van der Waals surface area contributed by atoms with Crippen molar-refractivity contribution in [2.45, 2.75) is 6.92 Å². The summed E-state index contributed by atoms with van der Waals surface area (Å²) in [5, 5.41) is 2.45. The summed E-state index contributed by atoms with van der Waals surface area (Å²) in [5.41, 5.74) is 1.66. The standard InChI is InChI=1S/C9H11ClN2O/c1-7-5-3-4-6-8(7)12(10)9(13)11-2/h3-6H,1-2H3,(H,11,13). The van der Waals surface area contributed by atoms with E-state index in [0.717, 1.165) is 9.98 Å². The maximum absolute atomic E-state index is 11.1. The second-order valence-corrected chi connectivity index (χ2v) is 2.96. The van der Waals surface area contributed by atoms with Gasteiger partial charge < -0.3 is 5.32 Å². The number of nitrogens with one attached hydrogen (secondary N) is 1. The lowest BCUT2D eigenvalue weighted by Gasteiger charge is -2.14. The highest BCUT2D eigenvalue weighted by molar-refractivity contribution is 6.36. The van der Waals surface area contributed by atoms with E-state index in [-0.39, 0.29) is 6.03 Å². The average Bonchev–Trinajstić information content (AvgIpc) is 2.16. The van der Waals surface area contributed by atoms with E-state index in [9.17, 15) is 4.79 Å². The molecule has 0 radical (unpaired) electrons. The zero-order valence-electron chi connectivity index (χ0n) is 7.54. The molecule has 2 amide bonds. The molecule has 0 heterocycles. The minimum Gasteiger partial charge on any atom is -0.340 e. The minimum atomic E-state index is -0.337. The van der Waals surface area contributed by atoms with E-state index in [1.54, 1.807) is 6.07 Å². The molecule has 0 aliphatic carbocycles. The Kier molecular flexibility index (Phi) is 3.14. The summed E-state index contributed by atoms with van der Waals surface area (Å²) in [6.45, 7) is 1.90. The first-order valence-electron chi connectivity index (χ1n) is 3.90. The Balaban J connectivity index is 2.95. The van der Waals surface area contributed by atoms with Gasteiger partial charge >= 0.3 is 6.03 Å². The van der Waals surface area contributed by atoms with Crippen molar-refractivity contribution in [3.63, 3.8) is 0 Å². The molecule has 0 aliphatic heterocycles. The van der Waals surface area contributed by atoms with Gasteiger partial charge in [0.15, 0.2) is 0 Å². The lowest BCUT2D eigenvalue weighted by Crippen LogP contribution is -2.31. The van der Waals surface area contributed by atoms with Gasteiger partial charge in [0.1, 0.15) is 0 Å². The Hall–Kier alpha value is -1.22. The van der Waals surface area contributed by atoms with Gasteiger partial charge in [-0.3, -0.25) is 0 Å². The fraction of sp³-hybridized carbons (Fsp3) is 0.222. The van der Waals surface area contributed by atoms with Crippen LogP contribution in [0, 0.1) is 6.92 Å². The molecule has 1 aromatic rings. The first kappa shape index (κ1) is 9.86. The number of amides is 2. The molecular weight excluding hydrogens is 188 g/mol. The second kappa shape index (κ2) is 4.14. The Morgan fingerprint density at radius 2 is 2.08 bits per heavy atom. The van der Waals surface area contributed by atoms with Crippen LogP contribution in [0.15, 0.2) is 24.3 Å². The molecule has 0 aromatic heterocycles. The van der Waals surface area contributed by atoms with Crippen LogP contribution < -0.4 is 9.74 Å². The van der Waals surface area contributed by atoms with Crippen molar-refractivity contribution < 1.29 is 4.79 Å². The summed E-state index contributed by atoms with van der Waals surface area (Å²) in [6, 6.07) is 7.08. The number of hydrogen-bond donors (Lipinski definition) is 1. The number of halogens is 1. The number of para-hydroxylation sites is 1. The molecule has 4 heteroatoms. The highest BCUT2D eigenvalue weighted by Crippen LogP contribution is 2.20. The molecule has 1 N–H and O–H groups in total. The van der Waals surface area contributed by atoms with Crippen LogP contribution >= 0.6 is 11.8 Å². The lowest BCUT2D eigenvalue weighted by molar-refractivity contribution is 0.251. The summed E-state index contributed by atoms with van der Waals surface area (Å²) in [5.74, 6) is 0. The molecule has 3 nitrogen and oxygen atoms in total. The number of carbonyl (C=O) groups excluding carboxylic acids is 1. The second-order valence-electron chi connectivity index (χ2n) is 2.62. The quantitative estimate of drug-likeness (QED) is 0.690. The smallest absolute Gasteiger partial charge is 0.336 e. The zero-order chi connectivity index (χ0) is 9.84. The number of carbonyl (C=O) groups is 1. The van der Waals surface area contributed by atoms with Crippen molar-refractivity contribution in [2.24, 2.45) is 0 Å². The van der Waals surface area contributed by atoms with Crippen LogP contribution in [0.1, 0.15) is 5.56 Å². The number of rotatable bonds is 1. The monoisotopic (exact) mass is 198 g/mol. The molecule has 70 valence electrons. The van der Waals surface area contributed by atoms with Gasteiger partial charge in [-0.1, -0.05) is 18.2 Å². The van der Waals surface area contributed by atoms with Gasteiger partial charge in [0, 0.05) is 18.8 Å². The normalized spacial score (nSPS) is 9.46. The molecular formula is C9H11ClN2O. The Labute approximate surface area is 82.4 Å². The third-order valence-electron chi connectivity index (χ3n) is 1.72. The third-order valence-corrected chi connectivity index (χ3v) is 2.05. The van der Waals surface area contributed by atoms with Crippen LogP contribution in [-0.4, -0.2) is 13.1 Å². The van der Waals surface area contributed by atoms with Gasteiger partial charge in [0.25, 0.3) is 0 Å². The number of aryl methyl sites for hydroxylation is 1. The van der Waals surface area contributed by atoms with E-state index in [1.165, 1.54) is 7.05 Å². The van der Waals surface area contributed by atoms with Crippen LogP contribution in [0.3, 0.4) is 0 Å². The fourth-order valence-electron chi connectivity index (χ4n) is 0.991. The molecule has 0 saturated heterocycles. The summed E-state index contributed by atoms with van der Waals surface area (Å²) < 4.78 is 1.06. The van der Waals surface area contributed by atoms with Crippen molar-refractivity contribution >= 4 is 23.5 Å².